The molecular formula is C8H11BrO2S. The molecule has 0 atom stereocenters. The van der Waals surface area contributed by atoms with Crippen LogP contribution in [0.3, 0.4) is 0 Å². The van der Waals surface area contributed by atoms with Gasteiger partial charge >= 0.3 is 0 Å². The summed E-state index contributed by atoms with van der Waals surface area (Å²) in [6.07, 6.45) is 0.646. The molecule has 0 amide bonds. The Balaban J connectivity index is 2.56. The van der Waals surface area contributed by atoms with Crippen LogP contribution in [-0.2, 0) is 15.9 Å². The molecule has 12 heavy (non-hydrogen) atoms. The highest BCUT2D eigenvalue weighted by Gasteiger charge is 2.09. The highest BCUT2D eigenvalue weighted by molar-refractivity contribution is 9.10. The van der Waals surface area contributed by atoms with E-state index < -0.39 is 0 Å². The van der Waals surface area contributed by atoms with Crippen molar-refractivity contribution in [3.63, 3.8) is 0 Å². The first-order valence-corrected chi connectivity index (χ1v) is 5.27. The van der Waals surface area contributed by atoms with Crippen molar-refractivity contribution in [3.05, 3.63) is 20.8 Å². The highest BCUT2D eigenvalue weighted by atomic mass is 79.9. The molecule has 0 aliphatic rings. The maximum absolute atomic E-state index is 5.09. The van der Waals surface area contributed by atoms with E-state index in [1.54, 1.807) is 25.6 Å². The Hall–Kier alpha value is 0.1000. The van der Waals surface area contributed by atoms with Gasteiger partial charge in [-0.15, -0.1) is 0 Å². The number of ether oxygens (including phenoxy) is 2. The van der Waals surface area contributed by atoms with Crippen molar-refractivity contribution >= 4 is 27.3 Å². The third kappa shape index (κ3) is 2.55. The number of halogens is 1. The van der Waals surface area contributed by atoms with Crippen LogP contribution in [0.5, 0.6) is 0 Å². The zero-order valence-corrected chi connectivity index (χ0v) is 9.44. The SMILES string of the molecule is COC(Cc1cscc1Br)OC. The van der Waals surface area contributed by atoms with E-state index in [0.29, 0.717) is 0 Å². The number of hydrogen-bond donors (Lipinski definition) is 0. The van der Waals surface area contributed by atoms with Gasteiger partial charge in [-0.1, -0.05) is 0 Å². The molecular weight excluding hydrogens is 240 g/mol. The molecule has 0 radical (unpaired) electrons. The van der Waals surface area contributed by atoms with Crippen LogP contribution in [0.4, 0.5) is 0 Å². The summed E-state index contributed by atoms with van der Waals surface area (Å²) in [5.74, 6) is 0. The first-order chi connectivity index (χ1) is 5.77. The number of methoxy groups -OCH3 is 2. The Bertz CT molecular complexity index is 233. The van der Waals surface area contributed by atoms with Crippen molar-refractivity contribution in [1.82, 2.24) is 0 Å². The lowest BCUT2D eigenvalue weighted by molar-refractivity contribution is -0.100. The first-order valence-electron chi connectivity index (χ1n) is 3.54. The second-order valence-electron chi connectivity index (χ2n) is 2.35. The van der Waals surface area contributed by atoms with Gasteiger partial charge in [0.1, 0.15) is 0 Å². The monoisotopic (exact) mass is 250 g/mol. The summed E-state index contributed by atoms with van der Waals surface area (Å²) in [6.45, 7) is 0. The molecule has 0 fully saturated rings. The van der Waals surface area contributed by atoms with Crippen molar-refractivity contribution in [2.75, 3.05) is 14.2 Å². The van der Waals surface area contributed by atoms with E-state index in [4.69, 9.17) is 9.47 Å². The molecule has 0 aromatic carbocycles. The summed E-state index contributed by atoms with van der Waals surface area (Å²) in [4.78, 5) is 0. The minimum Gasteiger partial charge on any atom is -0.356 e. The molecule has 0 unspecified atom stereocenters. The fraction of sp³-hybridized carbons (Fsp3) is 0.500. The van der Waals surface area contributed by atoms with Crippen LogP contribution in [0.2, 0.25) is 0 Å². The van der Waals surface area contributed by atoms with E-state index in [1.807, 2.05) is 0 Å². The molecule has 0 aliphatic heterocycles. The molecule has 0 N–H and O–H groups in total. The number of rotatable bonds is 4. The molecule has 4 heteroatoms. The average molecular weight is 251 g/mol. The third-order valence-electron chi connectivity index (χ3n) is 1.60. The lowest BCUT2D eigenvalue weighted by atomic mass is 10.2. The molecule has 1 rings (SSSR count). The Morgan fingerprint density at radius 1 is 1.42 bits per heavy atom. The quantitative estimate of drug-likeness (QED) is 0.766. The molecule has 1 aromatic heterocycles. The molecule has 1 aromatic rings. The molecule has 0 bridgehead atoms. The molecule has 2 nitrogen and oxygen atoms in total. The van der Waals surface area contributed by atoms with Gasteiger partial charge in [0.05, 0.1) is 0 Å². The van der Waals surface area contributed by atoms with Crippen molar-refractivity contribution in [1.29, 1.82) is 0 Å². The van der Waals surface area contributed by atoms with Crippen LogP contribution in [0.1, 0.15) is 5.56 Å². The van der Waals surface area contributed by atoms with Crippen LogP contribution in [0, 0.1) is 0 Å². The van der Waals surface area contributed by atoms with Crippen LogP contribution in [0.25, 0.3) is 0 Å². The maximum Gasteiger partial charge on any atom is 0.160 e. The largest absolute Gasteiger partial charge is 0.356 e. The molecule has 0 aliphatic carbocycles. The summed E-state index contributed by atoms with van der Waals surface area (Å²) in [5, 5.41) is 4.15. The Morgan fingerprint density at radius 3 is 2.50 bits per heavy atom. The van der Waals surface area contributed by atoms with Gasteiger partial charge in [0.15, 0.2) is 6.29 Å². The highest BCUT2D eigenvalue weighted by Crippen LogP contribution is 2.23. The van der Waals surface area contributed by atoms with Crippen LogP contribution in [0.15, 0.2) is 15.2 Å². The van der Waals surface area contributed by atoms with Crippen molar-refractivity contribution in [2.24, 2.45) is 0 Å². The minimum absolute atomic E-state index is 0.143. The smallest absolute Gasteiger partial charge is 0.160 e. The Kier molecular flexibility index (Phi) is 4.21. The third-order valence-corrected chi connectivity index (χ3v) is 3.43. The Labute approximate surface area is 84.6 Å². The average Bonchev–Trinajstić information content (AvgIpc) is 2.47. The molecule has 0 saturated heterocycles. The zero-order valence-electron chi connectivity index (χ0n) is 7.04. The van der Waals surface area contributed by atoms with Crippen LogP contribution < -0.4 is 0 Å². The van der Waals surface area contributed by atoms with E-state index in [0.717, 1.165) is 10.9 Å². The zero-order chi connectivity index (χ0) is 8.97. The topological polar surface area (TPSA) is 18.5 Å². The summed E-state index contributed by atoms with van der Waals surface area (Å²) in [5.41, 5.74) is 1.23. The standard InChI is InChI=1S/C8H11BrO2S/c1-10-8(11-2)3-6-4-12-5-7(6)9/h4-5,8H,3H2,1-2H3. The van der Waals surface area contributed by atoms with E-state index in [1.165, 1.54) is 5.56 Å². The Morgan fingerprint density at radius 2 is 2.08 bits per heavy atom. The van der Waals surface area contributed by atoms with Crippen molar-refractivity contribution in [2.45, 2.75) is 12.7 Å². The minimum atomic E-state index is -0.143. The van der Waals surface area contributed by atoms with E-state index in [-0.39, 0.29) is 6.29 Å². The lowest BCUT2D eigenvalue weighted by Crippen LogP contribution is -2.15. The van der Waals surface area contributed by atoms with E-state index >= 15 is 0 Å². The summed E-state index contributed by atoms with van der Waals surface area (Å²) >= 11 is 5.12. The van der Waals surface area contributed by atoms with Gasteiger partial charge in [-0.05, 0) is 26.9 Å². The normalized spacial score (nSPS) is 11.0. The van der Waals surface area contributed by atoms with Crippen molar-refractivity contribution < 1.29 is 9.47 Å². The van der Waals surface area contributed by atoms with Gasteiger partial charge in [0.2, 0.25) is 0 Å². The second-order valence-corrected chi connectivity index (χ2v) is 3.95. The van der Waals surface area contributed by atoms with E-state index in [9.17, 15) is 0 Å². The molecule has 68 valence electrons. The van der Waals surface area contributed by atoms with E-state index in [2.05, 4.69) is 26.7 Å². The lowest BCUT2D eigenvalue weighted by Gasteiger charge is -2.12. The van der Waals surface area contributed by atoms with Gasteiger partial charge in [-0.2, -0.15) is 11.3 Å². The van der Waals surface area contributed by atoms with Gasteiger partial charge in [0, 0.05) is 30.5 Å². The summed E-state index contributed by atoms with van der Waals surface area (Å²) in [6, 6.07) is 0. The predicted octanol–water partition coefficient (Wildman–Crippen LogP) is 2.67. The number of thiophene rings is 1. The molecule has 0 saturated carbocycles. The van der Waals surface area contributed by atoms with Crippen LogP contribution >= 0.6 is 27.3 Å². The summed E-state index contributed by atoms with van der Waals surface area (Å²) < 4.78 is 11.3. The van der Waals surface area contributed by atoms with Crippen molar-refractivity contribution in [3.8, 4) is 0 Å². The number of hydrogen-bond acceptors (Lipinski definition) is 3. The fourth-order valence-electron chi connectivity index (χ4n) is 0.896. The first kappa shape index (κ1) is 10.2. The maximum atomic E-state index is 5.09. The molecule has 0 spiro atoms. The van der Waals surface area contributed by atoms with Gasteiger partial charge in [0.25, 0.3) is 0 Å². The molecule has 1 heterocycles. The predicted molar refractivity (Wildman–Crippen MR) is 53.5 cm³/mol. The second kappa shape index (κ2) is 4.97. The van der Waals surface area contributed by atoms with Gasteiger partial charge in [-0.25, -0.2) is 0 Å². The fourth-order valence-corrected chi connectivity index (χ4v) is 2.37. The summed E-state index contributed by atoms with van der Waals surface area (Å²) in [7, 11) is 3.29. The van der Waals surface area contributed by atoms with Gasteiger partial charge in [-0.3, -0.25) is 0 Å². The van der Waals surface area contributed by atoms with Crippen LogP contribution in [-0.4, -0.2) is 20.5 Å². The van der Waals surface area contributed by atoms with Gasteiger partial charge < -0.3 is 9.47 Å².